The number of rotatable bonds is 31. The predicted octanol–water partition coefficient (Wildman–Crippen LogP) is 4.86. The number of nitrogens with zero attached hydrogens (tertiary/aromatic N) is 4. The molecule has 1 aliphatic rings. The summed E-state index contributed by atoms with van der Waals surface area (Å²) in [7, 11) is -0.591. The predicted molar refractivity (Wildman–Crippen MR) is 275 cm³/mol. The highest BCUT2D eigenvalue weighted by Gasteiger charge is 2.41. The van der Waals surface area contributed by atoms with Crippen molar-refractivity contribution in [2.75, 3.05) is 53.7 Å². The van der Waals surface area contributed by atoms with Crippen LogP contribution in [0.1, 0.15) is 83.5 Å². The first kappa shape index (κ1) is 58.8. The molecule has 0 spiro atoms. The maximum atomic E-state index is 14.6. The van der Waals surface area contributed by atoms with Crippen LogP contribution in [0.15, 0.2) is 83.9 Å². The van der Waals surface area contributed by atoms with Crippen molar-refractivity contribution in [2.24, 2.45) is 30.7 Å². The van der Waals surface area contributed by atoms with Gasteiger partial charge < -0.3 is 34.7 Å². The molecule has 0 saturated carbocycles. The minimum atomic E-state index is -4.85. The van der Waals surface area contributed by atoms with Crippen LogP contribution in [0.4, 0.5) is 0 Å². The van der Waals surface area contributed by atoms with Crippen molar-refractivity contribution in [2.45, 2.75) is 109 Å². The lowest BCUT2D eigenvalue weighted by Gasteiger charge is -2.30. The first-order valence-corrected chi connectivity index (χ1v) is 26.5. The number of aliphatic hydroxyl groups is 1. The van der Waals surface area contributed by atoms with Crippen LogP contribution in [0.5, 0.6) is 17.2 Å². The molecule has 1 aromatic heterocycles. The Bertz CT molecular complexity index is 2580. The Morgan fingerprint density at radius 3 is 2.00 bits per heavy atom. The Kier molecular flexibility index (Phi) is 22.3. The van der Waals surface area contributed by atoms with E-state index < -0.39 is 74.5 Å². The number of nitrogens with one attached hydrogen (secondary N) is 2. The summed E-state index contributed by atoms with van der Waals surface area (Å²) >= 11 is 0. The van der Waals surface area contributed by atoms with E-state index >= 15 is 0 Å². The van der Waals surface area contributed by atoms with Crippen molar-refractivity contribution >= 4 is 39.3 Å². The van der Waals surface area contributed by atoms with Gasteiger partial charge >= 0.3 is 10.1 Å². The highest BCUT2D eigenvalue weighted by molar-refractivity contribution is 7.87. The van der Waals surface area contributed by atoms with E-state index in [0.29, 0.717) is 44.8 Å². The molecule has 5 rings (SSSR count). The number of benzene rings is 3. The van der Waals surface area contributed by atoms with Crippen molar-refractivity contribution in [3.63, 3.8) is 0 Å². The van der Waals surface area contributed by atoms with Gasteiger partial charge in [-0.25, -0.2) is 0 Å². The van der Waals surface area contributed by atoms with E-state index in [1.807, 2.05) is 81.1 Å². The number of carbonyl (C=O) groups is 5. The van der Waals surface area contributed by atoms with Crippen LogP contribution in [0.25, 0.3) is 0 Å². The molecule has 2 heterocycles. The summed E-state index contributed by atoms with van der Waals surface area (Å²) in [6, 6.07) is 19.0. The number of ketones is 3. The van der Waals surface area contributed by atoms with E-state index in [4.69, 9.17) is 23.1 Å². The van der Waals surface area contributed by atoms with Gasteiger partial charge in [-0.1, -0.05) is 93.6 Å². The van der Waals surface area contributed by atoms with Gasteiger partial charge in [0, 0.05) is 56.9 Å². The van der Waals surface area contributed by atoms with Crippen LogP contribution in [0.2, 0.25) is 0 Å². The quantitative estimate of drug-likeness (QED) is 0.0570. The van der Waals surface area contributed by atoms with Crippen molar-refractivity contribution in [3.8, 4) is 17.2 Å². The minimum Gasteiger partial charge on any atom is -0.496 e. The van der Waals surface area contributed by atoms with Gasteiger partial charge in [0.2, 0.25) is 11.8 Å². The summed E-state index contributed by atoms with van der Waals surface area (Å²) in [4.78, 5) is 72.9. The van der Waals surface area contributed by atoms with Gasteiger partial charge in [-0.15, -0.1) is 5.10 Å². The normalized spacial score (nSPS) is 15.6. The monoisotopic (exact) mass is 1050 g/mol. The van der Waals surface area contributed by atoms with Crippen molar-refractivity contribution in [1.82, 2.24) is 30.5 Å². The third-order valence-electron chi connectivity index (χ3n) is 12.6. The summed E-state index contributed by atoms with van der Waals surface area (Å²) in [6.45, 7) is 9.77. The zero-order valence-corrected chi connectivity index (χ0v) is 44.7. The molecule has 4 aromatic rings. The van der Waals surface area contributed by atoms with E-state index in [-0.39, 0.29) is 80.1 Å². The van der Waals surface area contributed by atoms with Crippen molar-refractivity contribution < 1.29 is 60.6 Å². The average Bonchev–Trinajstić information content (AvgIpc) is 3.80. The highest BCUT2D eigenvalue weighted by atomic mass is 32.2. The van der Waals surface area contributed by atoms with Gasteiger partial charge in [0.1, 0.15) is 47.5 Å². The molecule has 19 nitrogen and oxygen atoms in total. The fourth-order valence-electron chi connectivity index (χ4n) is 8.71. The lowest BCUT2D eigenvalue weighted by molar-refractivity contribution is -0.143. The number of carbonyl (C=O) groups excluding carboxylic acids is 5. The second-order valence-electron chi connectivity index (χ2n) is 20.0. The molecule has 20 heteroatoms. The molecule has 3 N–H and O–H groups in total. The molecule has 0 aliphatic carbocycles. The molecule has 404 valence electrons. The molecule has 1 unspecified atom stereocenters. The van der Waals surface area contributed by atoms with Crippen molar-refractivity contribution in [1.29, 1.82) is 0 Å². The average molecular weight is 1050 g/mol. The Labute approximate surface area is 435 Å². The van der Waals surface area contributed by atoms with Gasteiger partial charge in [0.05, 0.1) is 52.3 Å². The lowest BCUT2D eigenvalue weighted by Crippen LogP contribution is -2.54. The molecule has 2 amide bonds. The lowest BCUT2D eigenvalue weighted by atomic mass is 9.86. The zero-order valence-electron chi connectivity index (χ0n) is 43.9. The number of aromatic nitrogens is 3. The molecule has 1 saturated heterocycles. The first-order chi connectivity index (χ1) is 35.2. The van der Waals surface area contributed by atoms with Crippen LogP contribution in [0, 0.1) is 23.7 Å². The zero-order chi connectivity index (χ0) is 54.0. The standard InChI is InChI=1S/C54H74N6O13S/c1-36(2)25-45(55-52(64)40(20-19-38-15-11-9-12-16-38)28-43(61)33-60-21-23-71-24-22-60)47(62)29-41(27-39-17-13-10-14-18-39)53(65)56-46(26-37(3)4)51(63)54(5,66)35-73-74(67,68)50-48(70-8)30-44(69-7)31-49(50)72-34-42-32-59(6)58-57-42/h9-18,30-32,36-37,40-41,45-46,66H,19-29,33-35H2,1-8H3,(H,55,64)(H,56,65)/t40-,41-,45+,46+,54?/m1/s1. The first-order valence-electron chi connectivity index (χ1n) is 25.1. The fourth-order valence-corrected chi connectivity index (χ4v) is 9.97. The molecule has 1 fully saturated rings. The maximum absolute atomic E-state index is 14.6. The highest BCUT2D eigenvalue weighted by Crippen LogP contribution is 2.39. The topological polar surface area (TPSA) is 244 Å². The van der Waals surface area contributed by atoms with Crippen LogP contribution >= 0.6 is 0 Å². The SMILES string of the molecule is COc1cc(OC)c(S(=O)(=O)OCC(C)(O)C(=O)[C@H](CC(C)C)NC(=O)[C@@H](CC(=O)[C@H](CC(C)C)NC(=O)[C@H](CCc2ccccc2)CC(=O)CN2CCOCC2)Cc2ccccc2)c(OCc2cn(C)nn2)c1. The molecule has 3 aromatic carbocycles. The number of ether oxygens (including phenoxy) is 4. The Morgan fingerprint density at radius 2 is 1.41 bits per heavy atom. The second-order valence-corrected chi connectivity index (χ2v) is 21.5. The Balaban J connectivity index is 1.35. The number of hydrogen-bond acceptors (Lipinski definition) is 16. The van der Waals surface area contributed by atoms with Gasteiger partial charge in [0.25, 0.3) is 0 Å². The molecule has 1 aliphatic heterocycles. The Hall–Kier alpha value is -6.06. The number of amides is 2. The smallest absolute Gasteiger partial charge is 0.304 e. The molecular weight excluding hydrogens is 973 g/mol. The van der Waals surface area contributed by atoms with Crippen LogP contribution in [-0.2, 0) is 69.5 Å². The summed E-state index contributed by atoms with van der Waals surface area (Å²) in [5.74, 6) is -4.79. The van der Waals surface area contributed by atoms with Crippen LogP contribution in [-0.4, -0.2) is 134 Å². The molecule has 0 radical (unpaired) electrons. The van der Waals surface area contributed by atoms with Gasteiger partial charge in [0.15, 0.2) is 16.5 Å². The number of morpholine rings is 1. The van der Waals surface area contributed by atoms with E-state index in [1.165, 1.54) is 31.0 Å². The molecular formula is C54H74N6O13S. The number of aryl methyl sites for hydroxylation is 2. The molecule has 0 bridgehead atoms. The molecule has 5 atom stereocenters. The minimum absolute atomic E-state index is 0.0143. The number of methoxy groups -OCH3 is 2. The number of Topliss-reactive ketones (excluding diaryl/α,β-unsaturated/α-hetero) is 3. The van der Waals surface area contributed by atoms with E-state index in [1.54, 1.807) is 25.4 Å². The fraction of sp³-hybridized carbons (Fsp3) is 0.537. The van der Waals surface area contributed by atoms with Gasteiger partial charge in [-0.05, 0) is 62.0 Å². The third kappa shape index (κ3) is 18.1. The number of hydrogen-bond donors (Lipinski definition) is 3. The van der Waals surface area contributed by atoms with Crippen molar-refractivity contribution in [3.05, 3.63) is 95.8 Å². The summed E-state index contributed by atoms with van der Waals surface area (Å²) in [5, 5.41) is 25.4. The van der Waals surface area contributed by atoms with Crippen LogP contribution < -0.4 is 24.8 Å². The third-order valence-corrected chi connectivity index (χ3v) is 14.0. The second kappa shape index (κ2) is 28.0. The van der Waals surface area contributed by atoms with Crippen LogP contribution in [0.3, 0.4) is 0 Å². The van der Waals surface area contributed by atoms with E-state index in [0.717, 1.165) is 18.1 Å². The summed E-state index contributed by atoms with van der Waals surface area (Å²) in [6.07, 6.45) is 2.52. The van der Waals surface area contributed by atoms with Gasteiger partial charge in [-0.2, -0.15) is 8.42 Å². The van der Waals surface area contributed by atoms with E-state index in [9.17, 15) is 37.5 Å². The van der Waals surface area contributed by atoms with E-state index in [2.05, 4.69) is 20.9 Å². The Morgan fingerprint density at radius 1 is 0.811 bits per heavy atom. The summed E-state index contributed by atoms with van der Waals surface area (Å²) in [5.41, 5.74) is -0.367. The van der Waals surface area contributed by atoms with Gasteiger partial charge in [-0.3, -0.25) is 37.7 Å². The maximum Gasteiger partial charge on any atom is 0.304 e. The largest absolute Gasteiger partial charge is 0.496 e. The molecule has 74 heavy (non-hydrogen) atoms. The summed E-state index contributed by atoms with van der Waals surface area (Å²) < 4.78 is 56.9.